The van der Waals surface area contributed by atoms with Crippen LogP contribution in [0.2, 0.25) is 5.02 Å². The summed E-state index contributed by atoms with van der Waals surface area (Å²) in [6.45, 7) is 1.97. The second-order valence-corrected chi connectivity index (χ2v) is 6.41. The van der Waals surface area contributed by atoms with Gasteiger partial charge in [-0.2, -0.15) is 0 Å². The lowest BCUT2D eigenvalue weighted by molar-refractivity contribution is -0.118. The van der Waals surface area contributed by atoms with E-state index in [-0.39, 0.29) is 0 Å². The molecule has 6 heteroatoms. The van der Waals surface area contributed by atoms with Crippen molar-refractivity contribution < 1.29 is 9.52 Å². The van der Waals surface area contributed by atoms with Crippen LogP contribution in [0.5, 0.6) is 0 Å². The average Bonchev–Trinajstić information content (AvgIpc) is 3.19. The van der Waals surface area contributed by atoms with Crippen LogP contribution in [-0.4, -0.2) is 38.9 Å². The predicted octanol–water partition coefficient (Wildman–Crippen LogP) is 2.35. The molecule has 1 saturated carbocycles. The molecule has 4 rings (SSSR count). The van der Waals surface area contributed by atoms with Gasteiger partial charge < -0.3 is 9.52 Å². The normalized spacial score (nSPS) is 21.2. The third kappa shape index (κ3) is 2.46. The van der Waals surface area contributed by atoms with Crippen molar-refractivity contribution >= 4 is 11.6 Å². The van der Waals surface area contributed by atoms with E-state index >= 15 is 0 Å². The molecule has 5 nitrogen and oxygen atoms in total. The number of hydrogen-bond donors (Lipinski definition) is 1. The fourth-order valence-corrected chi connectivity index (χ4v) is 3.19. The zero-order chi connectivity index (χ0) is 14.4. The van der Waals surface area contributed by atoms with E-state index in [1.54, 1.807) is 6.07 Å². The molecule has 2 aromatic rings. The molecule has 1 aromatic heterocycles. The Balaban J connectivity index is 1.43. The highest BCUT2D eigenvalue weighted by atomic mass is 35.5. The molecule has 1 aliphatic carbocycles. The lowest BCUT2D eigenvalue weighted by Crippen LogP contribution is -2.62. The molecule has 1 aromatic carbocycles. The van der Waals surface area contributed by atoms with Crippen LogP contribution < -0.4 is 0 Å². The Labute approximate surface area is 127 Å². The first-order valence-corrected chi connectivity index (χ1v) is 7.54. The molecule has 1 saturated heterocycles. The van der Waals surface area contributed by atoms with Crippen molar-refractivity contribution in [2.24, 2.45) is 5.92 Å². The topological polar surface area (TPSA) is 62.4 Å². The Morgan fingerprint density at radius 3 is 2.76 bits per heavy atom. The van der Waals surface area contributed by atoms with Crippen LogP contribution in [0.15, 0.2) is 28.7 Å². The predicted molar refractivity (Wildman–Crippen MR) is 77.7 cm³/mol. The minimum Gasteiger partial charge on any atom is -0.419 e. The highest BCUT2D eigenvalue weighted by Gasteiger charge is 2.51. The van der Waals surface area contributed by atoms with Crippen molar-refractivity contribution in [3.8, 4) is 11.5 Å². The molecule has 0 radical (unpaired) electrons. The maximum absolute atomic E-state index is 10.3. The summed E-state index contributed by atoms with van der Waals surface area (Å²) < 4.78 is 5.67. The number of benzene rings is 1. The van der Waals surface area contributed by atoms with Crippen molar-refractivity contribution in [2.75, 3.05) is 13.1 Å². The number of aliphatic hydroxyl groups is 1. The van der Waals surface area contributed by atoms with Gasteiger partial charge in [-0.15, -0.1) is 10.2 Å². The summed E-state index contributed by atoms with van der Waals surface area (Å²) in [6, 6.07) is 7.40. The van der Waals surface area contributed by atoms with Crippen molar-refractivity contribution in [3.05, 3.63) is 35.2 Å². The molecule has 0 amide bonds. The Hall–Kier alpha value is -1.43. The molecule has 1 N–H and O–H groups in total. The molecule has 21 heavy (non-hydrogen) atoms. The van der Waals surface area contributed by atoms with E-state index < -0.39 is 5.60 Å². The second kappa shape index (κ2) is 4.80. The summed E-state index contributed by atoms with van der Waals surface area (Å²) in [7, 11) is 0. The lowest BCUT2D eigenvalue weighted by Gasteiger charge is -2.46. The molecular formula is C15H16ClN3O2. The van der Waals surface area contributed by atoms with Gasteiger partial charge in [-0.25, -0.2) is 0 Å². The quantitative estimate of drug-likeness (QED) is 0.939. The minimum atomic E-state index is -0.481. The summed E-state index contributed by atoms with van der Waals surface area (Å²) in [4.78, 5) is 2.13. The lowest BCUT2D eigenvalue weighted by atomic mass is 9.89. The highest BCUT2D eigenvalue weighted by molar-refractivity contribution is 6.33. The first kappa shape index (κ1) is 13.2. The Bertz CT molecular complexity index is 662. The fourth-order valence-electron chi connectivity index (χ4n) is 2.97. The summed E-state index contributed by atoms with van der Waals surface area (Å²) in [5.74, 6) is 1.49. The van der Waals surface area contributed by atoms with E-state index in [0.29, 0.717) is 42.4 Å². The van der Waals surface area contributed by atoms with Gasteiger partial charge in [-0.1, -0.05) is 23.7 Å². The van der Waals surface area contributed by atoms with Crippen LogP contribution in [-0.2, 0) is 6.54 Å². The van der Waals surface area contributed by atoms with Gasteiger partial charge in [-0.3, -0.25) is 4.90 Å². The smallest absolute Gasteiger partial charge is 0.249 e. The minimum absolute atomic E-state index is 0.438. The monoisotopic (exact) mass is 305 g/mol. The van der Waals surface area contributed by atoms with Gasteiger partial charge in [-0.05, 0) is 30.9 Å². The summed E-state index contributed by atoms with van der Waals surface area (Å²) in [6.07, 6.45) is 2.31. The number of β-amino-alcohol motifs (C(OH)–C–C–N with tert-alkyl or cyclic N) is 1. The van der Waals surface area contributed by atoms with E-state index in [9.17, 15) is 5.11 Å². The van der Waals surface area contributed by atoms with E-state index in [4.69, 9.17) is 16.0 Å². The standard InChI is InChI=1S/C15H16ClN3O2/c16-12-4-2-1-3-11(12)14-18-17-13(21-14)7-19-8-15(20,9-19)10-5-6-10/h1-4,10,20H,5-9H2. The van der Waals surface area contributed by atoms with Crippen LogP contribution in [0, 0.1) is 5.92 Å². The number of hydrogen-bond acceptors (Lipinski definition) is 5. The third-order valence-corrected chi connectivity index (χ3v) is 4.59. The van der Waals surface area contributed by atoms with Gasteiger partial charge in [0.05, 0.1) is 22.7 Å². The Kier molecular flexibility index (Phi) is 3.03. The van der Waals surface area contributed by atoms with Gasteiger partial charge in [0.2, 0.25) is 11.8 Å². The van der Waals surface area contributed by atoms with Gasteiger partial charge in [0.1, 0.15) is 0 Å². The number of halogens is 1. The molecule has 2 fully saturated rings. The largest absolute Gasteiger partial charge is 0.419 e. The molecule has 0 unspecified atom stereocenters. The maximum atomic E-state index is 10.3. The molecule has 0 spiro atoms. The number of aromatic nitrogens is 2. The van der Waals surface area contributed by atoms with E-state index in [1.807, 2.05) is 18.2 Å². The second-order valence-electron chi connectivity index (χ2n) is 6.00. The van der Waals surface area contributed by atoms with Crippen molar-refractivity contribution in [1.29, 1.82) is 0 Å². The SMILES string of the molecule is OC1(C2CC2)CN(Cc2nnc(-c3ccccc3Cl)o2)C1. The van der Waals surface area contributed by atoms with Crippen LogP contribution in [0.3, 0.4) is 0 Å². The van der Waals surface area contributed by atoms with Crippen LogP contribution in [0.4, 0.5) is 0 Å². The van der Waals surface area contributed by atoms with Crippen molar-refractivity contribution in [2.45, 2.75) is 25.0 Å². The number of rotatable bonds is 4. The van der Waals surface area contributed by atoms with Crippen molar-refractivity contribution in [1.82, 2.24) is 15.1 Å². The number of nitrogens with zero attached hydrogens (tertiary/aromatic N) is 3. The van der Waals surface area contributed by atoms with Crippen LogP contribution >= 0.6 is 11.6 Å². The third-order valence-electron chi connectivity index (χ3n) is 4.26. The summed E-state index contributed by atoms with van der Waals surface area (Å²) in [5, 5.41) is 19.0. The molecule has 2 aliphatic rings. The number of likely N-dealkylation sites (tertiary alicyclic amines) is 1. The zero-order valence-electron chi connectivity index (χ0n) is 11.5. The molecular weight excluding hydrogens is 290 g/mol. The maximum Gasteiger partial charge on any atom is 0.249 e. The Morgan fingerprint density at radius 2 is 2.05 bits per heavy atom. The Morgan fingerprint density at radius 1 is 1.29 bits per heavy atom. The first-order valence-electron chi connectivity index (χ1n) is 7.16. The van der Waals surface area contributed by atoms with Gasteiger partial charge in [0.25, 0.3) is 0 Å². The van der Waals surface area contributed by atoms with E-state index in [0.717, 1.165) is 18.4 Å². The molecule has 1 aliphatic heterocycles. The molecule has 2 heterocycles. The zero-order valence-corrected chi connectivity index (χ0v) is 12.3. The summed E-state index contributed by atoms with van der Waals surface area (Å²) >= 11 is 6.12. The van der Waals surface area contributed by atoms with E-state index in [1.165, 1.54) is 0 Å². The molecule has 110 valence electrons. The van der Waals surface area contributed by atoms with Gasteiger partial charge in [0, 0.05) is 13.1 Å². The van der Waals surface area contributed by atoms with Crippen LogP contribution in [0.1, 0.15) is 18.7 Å². The highest BCUT2D eigenvalue weighted by Crippen LogP contribution is 2.44. The van der Waals surface area contributed by atoms with Gasteiger partial charge >= 0.3 is 0 Å². The van der Waals surface area contributed by atoms with E-state index in [2.05, 4.69) is 15.1 Å². The van der Waals surface area contributed by atoms with Crippen molar-refractivity contribution in [3.63, 3.8) is 0 Å². The summed E-state index contributed by atoms with van der Waals surface area (Å²) in [5.41, 5.74) is 0.266. The first-order chi connectivity index (χ1) is 10.1. The fraction of sp³-hybridized carbons (Fsp3) is 0.467. The van der Waals surface area contributed by atoms with Crippen LogP contribution in [0.25, 0.3) is 11.5 Å². The molecule has 0 bridgehead atoms. The average molecular weight is 306 g/mol. The van der Waals surface area contributed by atoms with Gasteiger partial charge in [0.15, 0.2) is 0 Å². The molecule has 0 atom stereocenters.